The minimum atomic E-state index is -3.80. The van der Waals surface area contributed by atoms with Gasteiger partial charge < -0.3 is 0 Å². The van der Waals surface area contributed by atoms with Gasteiger partial charge in [-0.05, 0) is 61.3 Å². The Bertz CT molecular complexity index is 1000. The van der Waals surface area contributed by atoms with Crippen molar-refractivity contribution in [1.29, 1.82) is 0 Å². The molecule has 30 heavy (non-hydrogen) atoms. The highest BCUT2D eigenvalue weighted by Gasteiger charge is 2.45. The van der Waals surface area contributed by atoms with Crippen LogP contribution in [0.25, 0.3) is 0 Å². The van der Waals surface area contributed by atoms with Gasteiger partial charge in [0.1, 0.15) is 0 Å². The van der Waals surface area contributed by atoms with Gasteiger partial charge in [-0.25, -0.2) is 18.3 Å². The molecule has 0 spiro atoms. The van der Waals surface area contributed by atoms with Gasteiger partial charge in [0.15, 0.2) is 0 Å². The van der Waals surface area contributed by atoms with E-state index in [0.29, 0.717) is 12.5 Å². The lowest BCUT2D eigenvalue weighted by molar-refractivity contribution is 0.0220. The second-order valence-corrected chi connectivity index (χ2v) is 12.9. The molecule has 3 atom stereocenters. The number of halogens is 1. The summed E-state index contributed by atoms with van der Waals surface area (Å²) >= 11 is 3.56. The van der Waals surface area contributed by atoms with Crippen molar-refractivity contribution in [3.05, 3.63) is 33.8 Å². The molecule has 3 aliphatic rings. The van der Waals surface area contributed by atoms with Gasteiger partial charge in [0, 0.05) is 42.7 Å². The number of nitrogens with zero attached hydrogens (tertiary/aromatic N) is 2. The standard InChI is InChI=1S/C19H29BrN4O4S2/c20-16-4-5-17-14(11-16)6-9-23-13-15-3-1-8-24(18(15)12-19(17)23)29(25,26)10-2-7-22-30(21,27)28/h4-5,11,15,18-19,22H,1-3,6-10,12-13H2,(H2,21,27,28)/t15-,18+,19+/m1/s1. The molecule has 2 fully saturated rings. The van der Waals surface area contributed by atoms with Crippen LogP contribution in [0.15, 0.2) is 22.7 Å². The first-order valence-corrected chi connectivity index (χ1v) is 14.4. The van der Waals surface area contributed by atoms with Crippen LogP contribution in [0.5, 0.6) is 0 Å². The molecule has 3 aliphatic heterocycles. The van der Waals surface area contributed by atoms with Gasteiger partial charge in [0.2, 0.25) is 10.0 Å². The van der Waals surface area contributed by atoms with Crippen molar-refractivity contribution in [2.75, 3.05) is 31.9 Å². The number of sulfonamides is 1. The van der Waals surface area contributed by atoms with Crippen molar-refractivity contribution in [2.45, 2.75) is 44.2 Å². The van der Waals surface area contributed by atoms with Gasteiger partial charge in [-0.15, -0.1) is 0 Å². The zero-order valence-corrected chi connectivity index (χ0v) is 20.1. The molecule has 0 radical (unpaired) electrons. The molecule has 0 aromatic heterocycles. The summed E-state index contributed by atoms with van der Waals surface area (Å²) in [5.74, 6) is 0.278. The number of benzene rings is 1. The molecule has 168 valence electrons. The summed E-state index contributed by atoms with van der Waals surface area (Å²) in [6, 6.07) is 6.69. The zero-order chi connectivity index (χ0) is 21.5. The topological polar surface area (TPSA) is 113 Å². The molecule has 0 aliphatic carbocycles. The molecule has 11 heteroatoms. The van der Waals surface area contributed by atoms with Crippen molar-refractivity contribution in [2.24, 2.45) is 11.1 Å². The Hall–Kier alpha value is -0.560. The average molecular weight is 522 g/mol. The Morgan fingerprint density at radius 1 is 1.20 bits per heavy atom. The first-order chi connectivity index (χ1) is 14.1. The third-order valence-electron chi connectivity index (χ3n) is 6.61. The van der Waals surface area contributed by atoms with E-state index in [1.807, 2.05) is 0 Å². The van der Waals surface area contributed by atoms with Crippen LogP contribution in [0.2, 0.25) is 0 Å². The summed E-state index contributed by atoms with van der Waals surface area (Å²) in [5.41, 5.74) is 2.67. The summed E-state index contributed by atoms with van der Waals surface area (Å²) in [6.45, 7) is 2.53. The maximum Gasteiger partial charge on any atom is 0.274 e. The highest BCUT2D eigenvalue weighted by molar-refractivity contribution is 9.10. The lowest BCUT2D eigenvalue weighted by Gasteiger charge is -2.51. The number of hydrogen-bond donors (Lipinski definition) is 2. The number of hydrogen-bond acceptors (Lipinski definition) is 5. The Morgan fingerprint density at radius 2 is 2.00 bits per heavy atom. The fraction of sp³-hybridized carbons (Fsp3) is 0.684. The van der Waals surface area contributed by atoms with Crippen LogP contribution < -0.4 is 9.86 Å². The van der Waals surface area contributed by atoms with Gasteiger partial charge >= 0.3 is 0 Å². The van der Waals surface area contributed by atoms with Crippen LogP contribution >= 0.6 is 15.9 Å². The third-order valence-corrected chi connectivity index (χ3v) is 9.69. The van der Waals surface area contributed by atoms with E-state index in [9.17, 15) is 16.8 Å². The van der Waals surface area contributed by atoms with E-state index in [4.69, 9.17) is 5.14 Å². The summed E-state index contributed by atoms with van der Waals surface area (Å²) in [5, 5.41) is 4.92. The zero-order valence-electron chi connectivity index (χ0n) is 16.8. The molecule has 3 N–H and O–H groups in total. The van der Waals surface area contributed by atoms with Crippen LogP contribution in [0.3, 0.4) is 0 Å². The number of rotatable bonds is 6. The number of nitrogens with one attached hydrogen (secondary N) is 1. The molecule has 0 unspecified atom stereocenters. The van der Waals surface area contributed by atoms with Crippen molar-refractivity contribution in [1.82, 2.24) is 13.9 Å². The number of nitrogens with two attached hydrogens (primary N) is 1. The predicted octanol–water partition coefficient (Wildman–Crippen LogP) is 1.35. The van der Waals surface area contributed by atoms with E-state index in [-0.39, 0.29) is 30.8 Å². The second-order valence-electron chi connectivity index (χ2n) is 8.53. The molecule has 0 bridgehead atoms. The lowest BCUT2D eigenvalue weighted by atomic mass is 9.77. The summed E-state index contributed by atoms with van der Waals surface area (Å²) in [6.07, 6.45) is 3.98. The molecular weight excluding hydrogens is 492 g/mol. The molecule has 3 heterocycles. The van der Waals surface area contributed by atoms with Gasteiger partial charge in [-0.3, -0.25) is 4.90 Å². The van der Waals surface area contributed by atoms with Crippen LogP contribution in [0, 0.1) is 5.92 Å². The van der Waals surface area contributed by atoms with Gasteiger partial charge in [0.25, 0.3) is 10.2 Å². The number of fused-ring (bicyclic) bond motifs is 4. The highest BCUT2D eigenvalue weighted by atomic mass is 79.9. The maximum absolute atomic E-state index is 13.1. The Labute approximate surface area is 187 Å². The first-order valence-electron chi connectivity index (χ1n) is 10.4. The molecule has 1 aromatic rings. The van der Waals surface area contributed by atoms with Crippen LogP contribution in [-0.2, 0) is 26.7 Å². The van der Waals surface area contributed by atoms with Crippen molar-refractivity contribution in [3.8, 4) is 0 Å². The minimum Gasteiger partial charge on any atom is -0.296 e. The lowest BCUT2D eigenvalue weighted by Crippen LogP contribution is -2.57. The Morgan fingerprint density at radius 3 is 2.77 bits per heavy atom. The van der Waals surface area contributed by atoms with E-state index in [0.717, 1.165) is 43.2 Å². The van der Waals surface area contributed by atoms with E-state index in [1.54, 1.807) is 4.31 Å². The van der Waals surface area contributed by atoms with E-state index >= 15 is 0 Å². The SMILES string of the molecule is NS(=O)(=O)NCCCS(=O)(=O)N1CCC[C@@H]2CN3CCc4cc(Br)ccc4[C@@H]3C[C@@H]21. The van der Waals surface area contributed by atoms with Crippen LogP contribution in [0.1, 0.15) is 42.9 Å². The molecule has 1 aromatic carbocycles. The number of piperidine rings is 2. The monoisotopic (exact) mass is 520 g/mol. The van der Waals surface area contributed by atoms with E-state index in [2.05, 4.69) is 43.8 Å². The predicted molar refractivity (Wildman–Crippen MR) is 120 cm³/mol. The largest absolute Gasteiger partial charge is 0.296 e. The quantitative estimate of drug-likeness (QED) is 0.549. The van der Waals surface area contributed by atoms with Crippen molar-refractivity contribution in [3.63, 3.8) is 0 Å². The Balaban J connectivity index is 1.49. The average Bonchev–Trinajstić information content (AvgIpc) is 2.68. The smallest absolute Gasteiger partial charge is 0.274 e. The van der Waals surface area contributed by atoms with E-state index < -0.39 is 20.2 Å². The van der Waals surface area contributed by atoms with Crippen LogP contribution in [-0.4, -0.2) is 64.0 Å². The molecule has 8 nitrogen and oxygen atoms in total. The molecule has 0 amide bonds. The van der Waals surface area contributed by atoms with Crippen molar-refractivity contribution >= 4 is 36.2 Å². The van der Waals surface area contributed by atoms with Gasteiger partial charge in [0.05, 0.1) is 5.75 Å². The Kier molecular flexibility index (Phi) is 6.61. The summed E-state index contributed by atoms with van der Waals surface area (Å²) in [4.78, 5) is 2.53. The fourth-order valence-corrected chi connectivity index (χ4v) is 7.97. The molecular formula is C19H29BrN4O4S2. The van der Waals surface area contributed by atoms with Gasteiger partial charge in [-0.1, -0.05) is 22.0 Å². The molecule has 4 rings (SSSR count). The summed E-state index contributed by atoms with van der Waals surface area (Å²) < 4.78 is 53.2. The normalized spacial score (nSPS) is 27.9. The van der Waals surface area contributed by atoms with E-state index in [1.165, 1.54) is 11.1 Å². The maximum atomic E-state index is 13.1. The van der Waals surface area contributed by atoms with Crippen LogP contribution in [0.4, 0.5) is 0 Å². The van der Waals surface area contributed by atoms with Crippen molar-refractivity contribution < 1.29 is 16.8 Å². The molecule has 0 saturated carbocycles. The third kappa shape index (κ3) is 4.92. The highest BCUT2D eigenvalue weighted by Crippen LogP contribution is 2.44. The second kappa shape index (κ2) is 8.76. The summed E-state index contributed by atoms with van der Waals surface area (Å²) in [7, 11) is -7.26. The minimum absolute atomic E-state index is 0.00537. The first kappa shape index (κ1) is 22.6. The fourth-order valence-electron chi connectivity index (χ4n) is 5.31. The molecule has 2 saturated heterocycles. The van der Waals surface area contributed by atoms with Gasteiger partial charge in [-0.2, -0.15) is 12.7 Å².